The van der Waals surface area contributed by atoms with Crippen molar-refractivity contribution in [2.75, 3.05) is 0 Å². The molecule has 3 unspecified atom stereocenters. The molecule has 0 amide bonds. The normalized spacial score (nSPS) is 34.9. The Bertz CT molecular complexity index is 203. The van der Waals surface area contributed by atoms with Crippen LogP contribution in [0.4, 0.5) is 0 Å². The Hall–Kier alpha value is 0.690. The van der Waals surface area contributed by atoms with Crippen molar-refractivity contribution >= 4 is 22.6 Å². The lowest BCUT2D eigenvalue weighted by Gasteiger charge is -2.36. The molecule has 0 N–H and O–H groups in total. The molecule has 0 spiro atoms. The van der Waals surface area contributed by atoms with Gasteiger partial charge in [-0.3, -0.25) is 0 Å². The first-order valence-corrected chi connectivity index (χ1v) is 8.31. The molecule has 2 heteroatoms. The van der Waals surface area contributed by atoms with E-state index in [1.165, 1.54) is 57.8 Å². The average molecular weight is 336 g/mol. The van der Waals surface area contributed by atoms with E-state index >= 15 is 0 Å². The standard InChI is InChI=1S/C14H25IO/c1-11(12-7-6-8-12)16-14-10-5-3-2-4-9-13(14)15/h11-14H,2-10H2,1H3. The predicted octanol–water partition coefficient (Wildman–Crippen LogP) is 4.72. The molecule has 0 bridgehead atoms. The van der Waals surface area contributed by atoms with E-state index in [2.05, 4.69) is 29.5 Å². The summed E-state index contributed by atoms with van der Waals surface area (Å²) < 4.78 is 7.09. The lowest BCUT2D eigenvalue weighted by molar-refractivity contribution is -0.0553. The van der Waals surface area contributed by atoms with Gasteiger partial charge in [-0.25, -0.2) is 0 Å². The fraction of sp³-hybridized carbons (Fsp3) is 1.00. The van der Waals surface area contributed by atoms with Crippen LogP contribution in [0.3, 0.4) is 0 Å². The minimum Gasteiger partial charge on any atom is -0.374 e. The zero-order chi connectivity index (χ0) is 11.4. The van der Waals surface area contributed by atoms with Crippen molar-refractivity contribution in [2.24, 2.45) is 5.92 Å². The molecule has 2 aliphatic rings. The largest absolute Gasteiger partial charge is 0.374 e. The second-order valence-electron chi connectivity index (χ2n) is 5.58. The third-order valence-corrected chi connectivity index (χ3v) is 5.75. The number of halogens is 1. The van der Waals surface area contributed by atoms with Crippen LogP contribution in [0.15, 0.2) is 0 Å². The van der Waals surface area contributed by atoms with Crippen LogP contribution in [-0.2, 0) is 4.74 Å². The molecule has 2 rings (SSSR count). The topological polar surface area (TPSA) is 9.23 Å². The molecular formula is C14H25IO. The van der Waals surface area contributed by atoms with Crippen molar-refractivity contribution in [1.82, 2.24) is 0 Å². The molecule has 0 aromatic carbocycles. The first-order valence-electron chi connectivity index (χ1n) is 7.07. The molecule has 0 radical (unpaired) electrons. The smallest absolute Gasteiger partial charge is 0.0696 e. The minimum atomic E-state index is 0.510. The van der Waals surface area contributed by atoms with Crippen molar-refractivity contribution in [1.29, 1.82) is 0 Å². The zero-order valence-corrected chi connectivity index (χ0v) is 12.6. The fourth-order valence-electron chi connectivity index (χ4n) is 2.85. The van der Waals surface area contributed by atoms with Crippen molar-refractivity contribution in [2.45, 2.75) is 80.8 Å². The van der Waals surface area contributed by atoms with Crippen LogP contribution in [0.1, 0.15) is 64.7 Å². The summed E-state index contributed by atoms with van der Waals surface area (Å²) in [5.74, 6) is 0.869. The van der Waals surface area contributed by atoms with E-state index in [1.54, 1.807) is 0 Å². The van der Waals surface area contributed by atoms with Crippen LogP contribution in [0, 0.1) is 5.92 Å². The van der Waals surface area contributed by atoms with E-state index in [1.807, 2.05) is 0 Å². The highest BCUT2D eigenvalue weighted by molar-refractivity contribution is 14.1. The van der Waals surface area contributed by atoms with Crippen LogP contribution in [0.2, 0.25) is 0 Å². The quantitative estimate of drug-likeness (QED) is 0.535. The average Bonchev–Trinajstić information content (AvgIpc) is 2.15. The summed E-state index contributed by atoms with van der Waals surface area (Å²) in [6.07, 6.45) is 13.6. The highest BCUT2D eigenvalue weighted by Crippen LogP contribution is 2.34. The molecule has 0 heterocycles. The summed E-state index contributed by atoms with van der Waals surface area (Å²) in [7, 11) is 0. The first-order chi connectivity index (χ1) is 7.77. The van der Waals surface area contributed by atoms with E-state index < -0.39 is 0 Å². The van der Waals surface area contributed by atoms with E-state index in [0.717, 1.165) is 9.84 Å². The summed E-state index contributed by atoms with van der Waals surface area (Å²) in [5, 5.41) is 0. The maximum absolute atomic E-state index is 6.34. The van der Waals surface area contributed by atoms with Gasteiger partial charge in [0.2, 0.25) is 0 Å². The van der Waals surface area contributed by atoms with Gasteiger partial charge in [0, 0.05) is 3.92 Å². The molecule has 94 valence electrons. The van der Waals surface area contributed by atoms with Crippen LogP contribution in [-0.4, -0.2) is 16.1 Å². The molecule has 0 aliphatic heterocycles. The number of hydrogen-bond acceptors (Lipinski definition) is 1. The Morgan fingerprint density at radius 1 is 0.938 bits per heavy atom. The molecule has 0 aromatic rings. The Balaban J connectivity index is 1.79. The maximum Gasteiger partial charge on any atom is 0.0696 e. The Morgan fingerprint density at radius 2 is 1.62 bits per heavy atom. The second kappa shape index (κ2) is 6.58. The van der Waals surface area contributed by atoms with Gasteiger partial charge in [0.05, 0.1) is 12.2 Å². The van der Waals surface area contributed by atoms with Crippen LogP contribution in [0.5, 0.6) is 0 Å². The molecular weight excluding hydrogens is 311 g/mol. The molecule has 0 aromatic heterocycles. The van der Waals surface area contributed by atoms with Crippen LogP contribution < -0.4 is 0 Å². The zero-order valence-electron chi connectivity index (χ0n) is 10.5. The predicted molar refractivity (Wildman–Crippen MR) is 77.2 cm³/mol. The molecule has 16 heavy (non-hydrogen) atoms. The SMILES string of the molecule is CC(OC1CCCCCCC1I)C1CCC1. The van der Waals surface area contributed by atoms with Gasteiger partial charge >= 0.3 is 0 Å². The van der Waals surface area contributed by atoms with Gasteiger partial charge in [-0.1, -0.05) is 54.7 Å². The summed E-state index contributed by atoms with van der Waals surface area (Å²) in [5.41, 5.74) is 0. The van der Waals surface area contributed by atoms with E-state index in [4.69, 9.17) is 4.74 Å². The Labute approximate surface area is 114 Å². The van der Waals surface area contributed by atoms with E-state index in [0.29, 0.717) is 12.2 Å². The van der Waals surface area contributed by atoms with Gasteiger partial charge in [0.15, 0.2) is 0 Å². The van der Waals surface area contributed by atoms with Gasteiger partial charge in [-0.05, 0) is 38.5 Å². The summed E-state index contributed by atoms with van der Waals surface area (Å²) in [4.78, 5) is 0. The van der Waals surface area contributed by atoms with E-state index in [9.17, 15) is 0 Å². The van der Waals surface area contributed by atoms with Crippen molar-refractivity contribution in [3.8, 4) is 0 Å². The highest BCUT2D eigenvalue weighted by atomic mass is 127. The lowest BCUT2D eigenvalue weighted by atomic mass is 9.81. The Kier molecular flexibility index (Phi) is 5.40. The fourth-order valence-corrected chi connectivity index (χ4v) is 3.82. The van der Waals surface area contributed by atoms with E-state index in [-0.39, 0.29) is 0 Å². The number of ether oxygens (including phenoxy) is 1. The summed E-state index contributed by atoms with van der Waals surface area (Å²) >= 11 is 2.62. The van der Waals surface area contributed by atoms with Gasteiger partial charge in [-0.15, -0.1) is 0 Å². The van der Waals surface area contributed by atoms with Crippen molar-refractivity contribution < 1.29 is 4.74 Å². The molecule has 1 nitrogen and oxygen atoms in total. The second-order valence-corrected chi connectivity index (χ2v) is 7.18. The molecule has 0 saturated heterocycles. The molecule has 2 aliphatic carbocycles. The van der Waals surface area contributed by atoms with Crippen molar-refractivity contribution in [3.05, 3.63) is 0 Å². The lowest BCUT2D eigenvalue weighted by Crippen LogP contribution is -2.35. The third kappa shape index (κ3) is 3.59. The molecule has 2 saturated carbocycles. The number of alkyl halides is 1. The van der Waals surface area contributed by atoms with Gasteiger partial charge in [0.25, 0.3) is 0 Å². The molecule has 2 fully saturated rings. The van der Waals surface area contributed by atoms with Gasteiger partial charge in [0.1, 0.15) is 0 Å². The summed E-state index contributed by atoms with van der Waals surface area (Å²) in [6.45, 7) is 2.30. The van der Waals surface area contributed by atoms with Gasteiger partial charge in [-0.2, -0.15) is 0 Å². The molecule has 3 atom stereocenters. The number of rotatable bonds is 3. The number of hydrogen-bond donors (Lipinski definition) is 0. The summed E-state index contributed by atoms with van der Waals surface area (Å²) in [6, 6.07) is 0. The third-order valence-electron chi connectivity index (χ3n) is 4.33. The first kappa shape index (κ1) is 13.1. The van der Waals surface area contributed by atoms with Crippen molar-refractivity contribution in [3.63, 3.8) is 0 Å². The minimum absolute atomic E-state index is 0.510. The van der Waals surface area contributed by atoms with Gasteiger partial charge < -0.3 is 4.74 Å². The van der Waals surface area contributed by atoms with Crippen LogP contribution in [0.25, 0.3) is 0 Å². The monoisotopic (exact) mass is 336 g/mol. The maximum atomic E-state index is 6.34. The highest BCUT2D eigenvalue weighted by Gasteiger charge is 2.29. The Morgan fingerprint density at radius 3 is 2.25 bits per heavy atom. The van der Waals surface area contributed by atoms with Crippen LogP contribution >= 0.6 is 22.6 Å².